The molecule has 0 N–H and O–H groups in total. The number of carbonyl (C=O) groups excluding carboxylic acids is 2. The van der Waals surface area contributed by atoms with Crippen molar-refractivity contribution in [3.63, 3.8) is 0 Å². The standard InChI is InChI=1S/C19H20ClNO4S/c20-15-3-1-4-16(13-15)24-10-11-25-19(23)14-6-8-21(9-7-14)18(22)17-5-2-12-26-17/h1-5,12-14H,6-11H2. The Morgan fingerprint density at radius 1 is 1.15 bits per heavy atom. The van der Waals surface area contributed by atoms with E-state index in [-0.39, 0.29) is 31.0 Å². The molecule has 0 bridgehead atoms. The first kappa shape index (κ1) is 18.7. The summed E-state index contributed by atoms with van der Waals surface area (Å²) in [6.45, 7) is 1.63. The Hall–Kier alpha value is -2.05. The smallest absolute Gasteiger partial charge is 0.309 e. The summed E-state index contributed by atoms with van der Waals surface area (Å²) in [5.41, 5.74) is 0. The van der Waals surface area contributed by atoms with E-state index in [1.165, 1.54) is 11.3 Å². The van der Waals surface area contributed by atoms with Crippen molar-refractivity contribution in [1.29, 1.82) is 0 Å². The van der Waals surface area contributed by atoms with Gasteiger partial charge in [0, 0.05) is 18.1 Å². The molecule has 1 amide bonds. The first-order valence-corrected chi connectivity index (χ1v) is 9.77. The molecule has 1 aliphatic heterocycles. The van der Waals surface area contributed by atoms with E-state index in [0.29, 0.717) is 36.7 Å². The number of amides is 1. The number of hydrogen-bond donors (Lipinski definition) is 0. The quantitative estimate of drug-likeness (QED) is 0.552. The molecular formula is C19H20ClNO4S. The number of ether oxygens (including phenoxy) is 2. The molecule has 0 unspecified atom stereocenters. The predicted molar refractivity (Wildman–Crippen MR) is 101 cm³/mol. The second-order valence-corrected chi connectivity index (χ2v) is 7.40. The number of carbonyl (C=O) groups is 2. The van der Waals surface area contributed by atoms with Crippen LogP contribution in [0.15, 0.2) is 41.8 Å². The summed E-state index contributed by atoms with van der Waals surface area (Å²) in [6, 6.07) is 10.8. The highest BCUT2D eigenvalue weighted by Crippen LogP contribution is 2.22. The molecule has 1 fully saturated rings. The Balaban J connectivity index is 1.36. The fourth-order valence-electron chi connectivity index (χ4n) is 2.85. The van der Waals surface area contributed by atoms with Gasteiger partial charge < -0.3 is 14.4 Å². The minimum Gasteiger partial charge on any atom is -0.490 e. The van der Waals surface area contributed by atoms with Crippen molar-refractivity contribution in [3.05, 3.63) is 51.7 Å². The molecule has 1 saturated heterocycles. The zero-order chi connectivity index (χ0) is 18.4. The lowest BCUT2D eigenvalue weighted by molar-refractivity contribution is -0.150. The molecule has 7 heteroatoms. The third-order valence-corrected chi connectivity index (χ3v) is 5.33. The predicted octanol–water partition coefficient (Wildman–Crippen LogP) is 3.88. The fraction of sp³-hybridized carbons (Fsp3) is 0.368. The lowest BCUT2D eigenvalue weighted by atomic mass is 9.97. The molecule has 3 rings (SSSR count). The minimum absolute atomic E-state index is 0.0433. The van der Waals surface area contributed by atoms with Gasteiger partial charge in [-0.3, -0.25) is 9.59 Å². The van der Waals surface area contributed by atoms with Gasteiger partial charge in [-0.1, -0.05) is 23.7 Å². The van der Waals surface area contributed by atoms with Gasteiger partial charge in [0.2, 0.25) is 0 Å². The molecule has 1 aromatic heterocycles. The van der Waals surface area contributed by atoms with Crippen LogP contribution in [0.25, 0.3) is 0 Å². The van der Waals surface area contributed by atoms with Crippen LogP contribution in [0.5, 0.6) is 5.75 Å². The zero-order valence-corrected chi connectivity index (χ0v) is 15.8. The molecule has 2 heterocycles. The molecule has 1 aromatic carbocycles. The SMILES string of the molecule is O=C(OCCOc1cccc(Cl)c1)C1CCN(C(=O)c2cccs2)CC1. The second kappa shape index (κ2) is 9.05. The van der Waals surface area contributed by atoms with Gasteiger partial charge in [-0.25, -0.2) is 0 Å². The van der Waals surface area contributed by atoms with E-state index in [4.69, 9.17) is 21.1 Å². The van der Waals surface area contributed by atoms with E-state index < -0.39 is 0 Å². The van der Waals surface area contributed by atoms with Crippen LogP contribution < -0.4 is 4.74 Å². The van der Waals surface area contributed by atoms with Gasteiger partial charge in [0.15, 0.2) is 0 Å². The summed E-state index contributed by atoms with van der Waals surface area (Å²) >= 11 is 7.32. The van der Waals surface area contributed by atoms with Crippen molar-refractivity contribution in [2.24, 2.45) is 5.92 Å². The summed E-state index contributed by atoms with van der Waals surface area (Å²) in [4.78, 5) is 27.0. The summed E-state index contributed by atoms with van der Waals surface area (Å²) in [7, 11) is 0. The second-order valence-electron chi connectivity index (χ2n) is 6.02. The Morgan fingerprint density at radius 2 is 1.96 bits per heavy atom. The number of likely N-dealkylation sites (tertiary alicyclic amines) is 1. The number of thiophene rings is 1. The highest BCUT2D eigenvalue weighted by Gasteiger charge is 2.29. The average Bonchev–Trinajstić information content (AvgIpc) is 3.19. The number of rotatable bonds is 6. The highest BCUT2D eigenvalue weighted by molar-refractivity contribution is 7.12. The van der Waals surface area contributed by atoms with Crippen LogP contribution >= 0.6 is 22.9 Å². The van der Waals surface area contributed by atoms with Gasteiger partial charge in [0.05, 0.1) is 10.8 Å². The van der Waals surface area contributed by atoms with E-state index in [0.717, 1.165) is 4.88 Å². The van der Waals surface area contributed by atoms with Gasteiger partial charge >= 0.3 is 5.97 Å². The molecular weight excluding hydrogens is 374 g/mol. The Labute approximate surface area is 161 Å². The monoisotopic (exact) mass is 393 g/mol. The van der Waals surface area contributed by atoms with Crippen LogP contribution in [0.3, 0.4) is 0 Å². The van der Waals surface area contributed by atoms with Gasteiger partial charge in [0.25, 0.3) is 5.91 Å². The molecule has 0 radical (unpaired) electrons. The molecule has 2 aromatic rings. The summed E-state index contributed by atoms with van der Waals surface area (Å²) in [5.74, 6) is 0.312. The van der Waals surface area contributed by atoms with Crippen LogP contribution in [-0.4, -0.2) is 43.1 Å². The highest BCUT2D eigenvalue weighted by atomic mass is 35.5. The van der Waals surface area contributed by atoms with Crippen molar-refractivity contribution in [2.75, 3.05) is 26.3 Å². The number of piperidine rings is 1. The largest absolute Gasteiger partial charge is 0.490 e. The van der Waals surface area contributed by atoms with Crippen molar-refractivity contribution in [1.82, 2.24) is 4.90 Å². The molecule has 138 valence electrons. The third-order valence-electron chi connectivity index (χ3n) is 4.24. The summed E-state index contributed by atoms with van der Waals surface area (Å²) in [5, 5.41) is 2.49. The number of nitrogens with zero attached hydrogens (tertiary/aromatic N) is 1. The van der Waals surface area contributed by atoms with Crippen molar-refractivity contribution < 1.29 is 19.1 Å². The van der Waals surface area contributed by atoms with Crippen LogP contribution in [0.2, 0.25) is 5.02 Å². The lowest BCUT2D eigenvalue weighted by Crippen LogP contribution is -2.40. The van der Waals surface area contributed by atoms with E-state index in [1.54, 1.807) is 29.2 Å². The van der Waals surface area contributed by atoms with Crippen LogP contribution in [0.4, 0.5) is 0 Å². The maximum Gasteiger partial charge on any atom is 0.309 e. The van der Waals surface area contributed by atoms with Crippen LogP contribution in [0.1, 0.15) is 22.5 Å². The van der Waals surface area contributed by atoms with Crippen molar-refractivity contribution in [3.8, 4) is 5.75 Å². The van der Waals surface area contributed by atoms with E-state index in [9.17, 15) is 9.59 Å². The first-order chi connectivity index (χ1) is 12.6. The maximum atomic E-state index is 12.3. The van der Waals surface area contributed by atoms with E-state index in [2.05, 4.69) is 0 Å². The first-order valence-electron chi connectivity index (χ1n) is 8.51. The zero-order valence-electron chi connectivity index (χ0n) is 14.2. The van der Waals surface area contributed by atoms with Gasteiger partial charge in [-0.05, 0) is 42.5 Å². The maximum absolute atomic E-state index is 12.3. The fourth-order valence-corrected chi connectivity index (χ4v) is 3.72. The number of benzene rings is 1. The Bertz CT molecular complexity index is 742. The average molecular weight is 394 g/mol. The van der Waals surface area contributed by atoms with Gasteiger partial charge in [-0.2, -0.15) is 0 Å². The van der Waals surface area contributed by atoms with Crippen molar-refractivity contribution in [2.45, 2.75) is 12.8 Å². The molecule has 26 heavy (non-hydrogen) atoms. The van der Waals surface area contributed by atoms with Crippen LogP contribution in [0, 0.1) is 5.92 Å². The Kier molecular flexibility index (Phi) is 6.52. The lowest BCUT2D eigenvalue weighted by Gasteiger charge is -2.30. The molecule has 0 aliphatic carbocycles. The molecule has 0 spiro atoms. The topological polar surface area (TPSA) is 55.8 Å². The number of halogens is 1. The molecule has 1 aliphatic rings. The molecule has 5 nitrogen and oxygen atoms in total. The Morgan fingerprint density at radius 3 is 2.65 bits per heavy atom. The number of hydrogen-bond acceptors (Lipinski definition) is 5. The van der Waals surface area contributed by atoms with Crippen LogP contribution in [-0.2, 0) is 9.53 Å². The van der Waals surface area contributed by atoms with Gasteiger partial charge in [0.1, 0.15) is 19.0 Å². The van der Waals surface area contributed by atoms with Crippen molar-refractivity contribution >= 4 is 34.8 Å². The van der Waals surface area contributed by atoms with E-state index in [1.807, 2.05) is 17.5 Å². The molecule has 0 atom stereocenters. The third kappa shape index (κ3) is 4.99. The van der Waals surface area contributed by atoms with E-state index >= 15 is 0 Å². The molecule has 0 saturated carbocycles. The summed E-state index contributed by atoms with van der Waals surface area (Å²) in [6.07, 6.45) is 1.26. The number of esters is 1. The van der Waals surface area contributed by atoms with Gasteiger partial charge in [-0.15, -0.1) is 11.3 Å². The normalized spacial score (nSPS) is 14.9. The minimum atomic E-state index is -0.220. The summed E-state index contributed by atoms with van der Waals surface area (Å²) < 4.78 is 10.8.